The monoisotopic (exact) mass is 337 g/mol. The molecule has 0 aliphatic heterocycles. The van der Waals surface area contributed by atoms with Crippen molar-refractivity contribution in [1.82, 2.24) is 19.9 Å². The van der Waals surface area contributed by atoms with Crippen LogP contribution in [0.1, 0.15) is 5.56 Å². The Balaban J connectivity index is 1.56. The molecule has 3 heterocycles. The van der Waals surface area contributed by atoms with E-state index in [-0.39, 0.29) is 5.75 Å². The molecular weight excluding hydrogens is 322 g/mol. The summed E-state index contributed by atoms with van der Waals surface area (Å²) in [5, 5.41) is 14.7. The second-order valence-corrected chi connectivity index (χ2v) is 6.27. The molecule has 0 saturated carbocycles. The van der Waals surface area contributed by atoms with Gasteiger partial charge in [-0.25, -0.2) is 15.0 Å². The number of H-pyrrole nitrogens is 1. The van der Waals surface area contributed by atoms with E-state index in [9.17, 15) is 5.11 Å². The maximum atomic E-state index is 9.33. The first-order valence-corrected chi connectivity index (χ1v) is 8.44. The second-order valence-electron chi connectivity index (χ2n) is 5.32. The third-order valence-corrected chi connectivity index (χ3v) is 4.54. The van der Waals surface area contributed by atoms with Crippen molar-refractivity contribution in [3.63, 3.8) is 0 Å². The molecule has 0 saturated heterocycles. The van der Waals surface area contributed by atoms with Crippen LogP contribution in [-0.2, 0) is 6.42 Å². The molecule has 7 heteroatoms. The van der Waals surface area contributed by atoms with Crippen LogP contribution in [0.3, 0.4) is 0 Å². The summed E-state index contributed by atoms with van der Waals surface area (Å²) in [5.41, 5.74) is 2.61. The first kappa shape index (κ1) is 14.6. The van der Waals surface area contributed by atoms with Crippen LogP contribution in [0.2, 0.25) is 0 Å². The molecule has 0 aliphatic carbocycles. The number of nitrogens with one attached hydrogen (secondary N) is 2. The SMILES string of the molecule is Oc1ccc(CCNc2nc(-c3cccs3)nc3nc[nH]c23)cc1. The van der Waals surface area contributed by atoms with Crippen LogP contribution in [-0.4, -0.2) is 31.6 Å². The number of fused-ring (bicyclic) bond motifs is 1. The summed E-state index contributed by atoms with van der Waals surface area (Å²) in [4.78, 5) is 17.5. The summed E-state index contributed by atoms with van der Waals surface area (Å²) in [6.07, 6.45) is 2.46. The minimum atomic E-state index is 0.280. The van der Waals surface area contributed by atoms with Gasteiger partial charge in [-0.05, 0) is 35.6 Å². The van der Waals surface area contributed by atoms with E-state index in [2.05, 4.69) is 25.3 Å². The Morgan fingerprint density at radius 3 is 2.79 bits per heavy atom. The first-order valence-electron chi connectivity index (χ1n) is 7.56. The van der Waals surface area contributed by atoms with E-state index < -0.39 is 0 Å². The van der Waals surface area contributed by atoms with Crippen LogP contribution in [0.4, 0.5) is 5.82 Å². The number of thiophene rings is 1. The van der Waals surface area contributed by atoms with Gasteiger partial charge in [0.05, 0.1) is 11.2 Å². The molecule has 0 unspecified atom stereocenters. The third-order valence-electron chi connectivity index (χ3n) is 3.67. The Kier molecular flexibility index (Phi) is 3.84. The lowest BCUT2D eigenvalue weighted by Crippen LogP contribution is -2.08. The number of rotatable bonds is 5. The second kappa shape index (κ2) is 6.29. The molecule has 4 aromatic rings. The molecule has 3 N–H and O–H groups in total. The summed E-state index contributed by atoms with van der Waals surface area (Å²) in [5.74, 6) is 1.71. The number of hydrogen-bond donors (Lipinski definition) is 3. The number of phenols is 1. The zero-order chi connectivity index (χ0) is 16.4. The number of aromatic nitrogens is 4. The highest BCUT2D eigenvalue weighted by Crippen LogP contribution is 2.25. The lowest BCUT2D eigenvalue weighted by Gasteiger charge is -2.08. The van der Waals surface area contributed by atoms with Crippen molar-refractivity contribution in [1.29, 1.82) is 0 Å². The van der Waals surface area contributed by atoms with Crippen molar-refractivity contribution in [2.45, 2.75) is 6.42 Å². The summed E-state index contributed by atoms with van der Waals surface area (Å²) >= 11 is 1.60. The smallest absolute Gasteiger partial charge is 0.183 e. The van der Waals surface area contributed by atoms with Crippen molar-refractivity contribution in [2.24, 2.45) is 0 Å². The van der Waals surface area contributed by atoms with E-state index in [4.69, 9.17) is 0 Å². The summed E-state index contributed by atoms with van der Waals surface area (Å²) < 4.78 is 0. The maximum Gasteiger partial charge on any atom is 0.183 e. The predicted molar refractivity (Wildman–Crippen MR) is 95.3 cm³/mol. The lowest BCUT2D eigenvalue weighted by molar-refractivity contribution is 0.475. The summed E-state index contributed by atoms with van der Waals surface area (Å²) in [6.45, 7) is 0.722. The number of hydrogen-bond acceptors (Lipinski definition) is 6. The summed E-state index contributed by atoms with van der Waals surface area (Å²) in [7, 11) is 0. The standard InChI is InChI=1S/C17H15N5OS/c23-12-5-3-11(4-6-12)7-8-18-16-14-17(20-10-19-14)22-15(21-16)13-2-1-9-24-13/h1-6,9-10,23H,7-8H2,(H2,18,19,20,21,22). The molecule has 1 aromatic carbocycles. The number of aromatic amines is 1. The van der Waals surface area contributed by atoms with Crippen molar-refractivity contribution in [2.75, 3.05) is 11.9 Å². The van der Waals surface area contributed by atoms with Crippen molar-refractivity contribution in [3.8, 4) is 16.5 Å². The highest BCUT2D eigenvalue weighted by Gasteiger charge is 2.11. The fraction of sp³-hybridized carbons (Fsp3) is 0.118. The van der Waals surface area contributed by atoms with Crippen molar-refractivity contribution < 1.29 is 5.11 Å². The molecule has 0 atom stereocenters. The van der Waals surface area contributed by atoms with E-state index in [0.29, 0.717) is 11.5 Å². The van der Waals surface area contributed by atoms with Gasteiger partial charge in [0.15, 0.2) is 17.3 Å². The number of phenolic OH excluding ortho intramolecular Hbond substituents is 1. The van der Waals surface area contributed by atoms with Crippen LogP contribution in [0.25, 0.3) is 21.9 Å². The molecule has 0 amide bonds. The van der Waals surface area contributed by atoms with E-state index >= 15 is 0 Å². The molecule has 0 fully saturated rings. The molecule has 3 aromatic heterocycles. The first-order chi connectivity index (χ1) is 11.8. The highest BCUT2D eigenvalue weighted by atomic mass is 32.1. The van der Waals surface area contributed by atoms with Crippen molar-refractivity contribution >= 4 is 28.3 Å². The normalized spacial score (nSPS) is 11.0. The average Bonchev–Trinajstić information content (AvgIpc) is 3.27. The summed E-state index contributed by atoms with van der Waals surface area (Å²) in [6, 6.07) is 11.2. The van der Waals surface area contributed by atoms with Gasteiger partial charge in [-0.2, -0.15) is 0 Å². The average molecular weight is 337 g/mol. The Bertz CT molecular complexity index is 947. The fourth-order valence-electron chi connectivity index (χ4n) is 2.46. The Hall–Kier alpha value is -2.93. The molecule has 0 spiro atoms. The predicted octanol–water partition coefficient (Wildman–Crippen LogP) is 3.44. The van der Waals surface area contributed by atoms with Gasteiger partial charge in [0.1, 0.15) is 11.3 Å². The Morgan fingerprint density at radius 2 is 2.00 bits per heavy atom. The number of imidazole rings is 1. The van der Waals surface area contributed by atoms with E-state index in [1.54, 1.807) is 29.8 Å². The Labute approximate surface area is 142 Å². The van der Waals surface area contributed by atoms with Gasteiger partial charge in [-0.3, -0.25) is 0 Å². The molecular formula is C17H15N5OS. The van der Waals surface area contributed by atoms with E-state index in [1.165, 1.54) is 0 Å². The highest BCUT2D eigenvalue weighted by molar-refractivity contribution is 7.13. The zero-order valence-corrected chi connectivity index (χ0v) is 13.5. The zero-order valence-electron chi connectivity index (χ0n) is 12.7. The van der Waals surface area contributed by atoms with Crippen LogP contribution < -0.4 is 5.32 Å². The van der Waals surface area contributed by atoms with E-state index in [0.717, 1.165) is 34.7 Å². The van der Waals surface area contributed by atoms with Gasteiger partial charge in [0.25, 0.3) is 0 Å². The Morgan fingerprint density at radius 1 is 1.12 bits per heavy atom. The van der Waals surface area contributed by atoms with Gasteiger partial charge in [-0.1, -0.05) is 18.2 Å². The minimum Gasteiger partial charge on any atom is -0.508 e. The third kappa shape index (κ3) is 2.93. The molecule has 4 rings (SSSR count). The molecule has 0 bridgehead atoms. The quantitative estimate of drug-likeness (QED) is 0.519. The fourth-order valence-corrected chi connectivity index (χ4v) is 3.12. The molecule has 120 valence electrons. The van der Waals surface area contributed by atoms with Gasteiger partial charge in [0, 0.05) is 6.54 Å². The minimum absolute atomic E-state index is 0.280. The van der Waals surface area contributed by atoms with E-state index in [1.807, 2.05) is 29.6 Å². The van der Waals surface area contributed by atoms with Gasteiger partial charge < -0.3 is 15.4 Å². The van der Waals surface area contributed by atoms with Crippen LogP contribution >= 0.6 is 11.3 Å². The number of anilines is 1. The largest absolute Gasteiger partial charge is 0.508 e. The molecule has 24 heavy (non-hydrogen) atoms. The van der Waals surface area contributed by atoms with Crippen LogP contribution in [0.15, 0.2) is 48.1 Å². The molecule has 0 aliphatic rings. The molecule has 6 nitrogen and oxygen atoms in total. The van der Waals surface area contributed by atoms with Gasteiger partial charge in [-0.15, -0.1) is 11.3 Å². The number of nitrogens with zero attached hydrogens (tertiary/aromatic N) is 3. The topological polar surface area (TPSA) is 86.7 Å². The van der Waals surface area contributed by atoms with Crippen molar-refractivity contribution in [3.05, 3.63) is 53.7 Å². The van der Waals surface area contributed by atoms with Gasteiger partial charge in [0.2, 0.25) is 0 Å². The molecule has 0 radical (unpaired) electrons. The number of benzene rings is 1. The van der Waals surface area contributed by atoms with Crippen LogP contribution in [0, 0.1) is 0 Å². The number of aromatic hydroxyl groups is 1. The van der Waals surface area contributed by atoms with Gasteiger partial charge >= 0.3 is 0 Å². The lowest BCUT2D eigenvalue weighted by atomic mass is 10.1. The van der Waals surface area contributed by atoms with Crippen LogP contribution in [0.5, 0.6) is 5.75 Å². The maximum absolute atomic E-state index is 9.33.